The Kier molecular flexibility index (Phi) is 3.72. The molecule has 0 atom stereocenters. The largest absolute Gasteiger partial charge is 0.366 e. The van der Waals surface area contributed by atoms with Crippen LogP contribution in [0, 0.1) is 0 Å². The molecule has 1 heterocycles. The summed E-state index contributed by atoms with van der Waals surface area (Å²) in [6, 6.07) is 8.18. The molecule has 110 valence electrons. The lowest BCUT2D eigenvalue weighted by Crippen LogP contribution is -2.22. The van der Waals surface area contributed by atoms with E-state index in [1.54, 1.807) is 12.4 Å². The lowest BCUT2D eigenvalue weighted by Gasteiger charge is -2.20. The highest BCUT2D eigenvalue weighted by molar-refractivity contribution is 6.30. The Morgan fingerprint density at radius 2 is 1.81 bits per heavy atom. The van der Waals surface area contributed by atoms with Gasteiger partial charge in [-0.2, -0.15) is 0 Å². The van der Waals surface area contributed by atoms with Crippen LogP contribution in [0.4, 0.5) is 11.6 Å². The van der Waals surface area contributed by atoms with Gasteiger partial charge < -0.3 is 10.2 Å². The SMILES string of the molecule is CN(C)c1nccnc1NCC1(c2ccc(Cl)cc2)CC1. The van der Waals surface area contributed by atoms with Crippen LogP contribution < -0.4 is 10.2 Å². The lowest BCUT2D eigenvalue weighted by atomic mass is 9.96. The number of benzene rings is 1. The minimum absolute atomic E-state index is 0.214. The van der Waals surface area contributed by atoms with E-state index < -0.39 is 0 Å². The number of nitrogens with one attached hydrogen (secondary N) is 1. The Morgan fingerprint density at radius 3 is 2.43 bits per heavy atom. The first-order valence-electron chi connectivity index (χ1n) is 7.09. The van der Waals surface area contributed by atoms with Gasteiger partial charge in [0.2, 0.25) is 0 Å². The topological polar surface area (TPSA) is 41.1 Å². The molecule has 0 aliphatic heterocycles. The summed E-state index contributed by atoms with van der Waals surface area (Å²) in [4.78, 5) is 10.7. The van der Waals surface area contributed by atoms with E-state index in [2.05, 4.69) is 27.4 Å². The van der Waals surface area contributed by atoms with Crippen molar-refractivity contribution in [3.8, 4) is 0 Å². The minimum atomic E-state index is 0.214. The molecule has 0 amide bonds. The Morgan fingerprint density at radius 1 is 1.14 bits per heavy atom. The minimum Gasteiger partial charge on any atom is -0.366 e. The van der Waals surface area contributed by atoms with E-state index in [9.17, 15) is 0 Å². The van der Waals surface area contributed by atoms with Crippen LogP contribution in [0.5, 0.6) is 0 Å². The quantitative estimate of drug-likeness (QED) is 0.920. The van der Waals surface area contributed by atoms with Crippen molar-refractivity contribution in [1.29, 1.82) is 0 Å². The van der Waals surface area contributed by atoms with Crippen LogP contribution >= 0.6 is 11.6 Å². The third kappa shape index (κ3) is 2.95. The molecule has 1 aliphatic carbocycles. The molecule has 1 aromatic heterocycles. The third-order valence-electron chi connectivity index (χ3n) is 4.01. The summed E-state index contributed by atoms with van der Waals surface area (Å²) in [5.74, 6) is 1.70. The molecule has 0 unspecified atom stereocenters. The molecule has 1 N–H and O–H groups in total. The maximum Gasteiger partial charge on any atom is 0.171 e. The summed E-state index contributed by atoms with van der Waals surface area (Å²) in [6.07, 6.45) is 5.82. The van der Waals surface area contributed by atoms with Crippen LogP contribution in [-0.2, 0) is 5.41 Å². The molecule has 0 bridgehead atoms. The van der Waals surface area contributed by atoms with Crippen LogP contribution in [0.25, 0.3) is 0 Å². The smallest absolute Gasteiger partial charge is 0.171 e. The fourth-order valence-corrected chi connectivity index (χ4v) is 2.68. The summed E-state index contributed by atoms with van der Waals surface area (Å²) in [7, 11) is 3.95. The van der Waals surface area contributed by atoms with Gasteiger partial charge in [-0.25, -0.2) is 9.97 Å². The molecular weight excluding hydrogens is 284 g/mol. The van der Waals surface area contributed by atoms with E-state index in [0.717, 1.165) is 23.2 Å². The van der Waals surface area contributed by atoms with Crippen LogP contribution in [0.15, 0.2) is 36.7 Å². The molecule has 4 nitrogen and oxygen atoms in total. The molecule has 2 aromatic rings. The summed E-state index contributed by atoms with van der Waals surface area (Å²) >= 11 is 5.97. The highest BCUT2D eigenvalue weighted by atomic mass is 35.5. The van der Waals surface area contributed by atoms with E-state index in [1.165, 1.54) is 18.4 Å². The number of nitrogens with zero attached hydrogens (tertiary/aromatic N) is 3. The second-order valence-corrected chi connectivity index (χ2v) is 6.20. The van der Waals surface area contributed by atoms with Crippen molar-refractivity contribution in [2.45, 2.75) is 18.3 Å². The predicted octanol–water partition coefficient (Wildman–Crippen LogP) is 3.34. The Hall–Kier alpha value is -1.81. The van der Waals surface area contributed by atoms with E-state index in [-0.39, 0.29) is 5.41 Å². The molecule has 0 spiro atoms. The third-order valence-corrected chi connectivity index (χ3v) is 4.26. The monoisotopic (exact) mass is 302 g/mol. The van der Waals surface area contributed by atoms with Gasteiger partial charge in [-0.15, -0.1) is 0 Å². The van der Waals surface area contributed by atoms with E-state index in [0.29, 0.717) is 0 Å². The predicted molar refractivity (Wildman–Crippen MR) is 87.2 cm³/mol. The van der Waals surface area contributed by atoms with E-state index in [1.807, 2.05) is 31.1 Å². The first-order valence-corrected chi connectivity index (χ1v) is 7.47. The van der Waals surface area contributed by atoms with E-state index >= 15 is 0 Å². The van der Waals surface area contributed by atoms with Crippen molar-refractivity contribution >= 4 is 23.2 Å². The molecule has 0 radical (unpaired) electrons. The number of halogens is 1. The normalized spacial score (nSPS) is 15.6. The van der Waals surface area contributed by atoms with Gasteiger partial charge in [0.25, 0.3) is 0 Å². The second-order valence-electron chi connectivity index (χ2n) is 5.76. The lowest BCUT2D eigenvalue weighted by molar-refractivity contribution is 0.729. The fourth-order valence-electron chi connectivity index (χ4n) is 2.56. The van der Waals surface area contributed by atoms with Gasteiger partial charge in [-0.05, 0) is 30.5 Å². The van der Waals surface area contributed by atoms with Gasteiger partial charge in [-0.3, -0.25) is 0 Å². The highest BCUT2D eigenvalue weighted by Gasteiger charge is 2.44. The number of hydrogen-bond donors (Lipinski definition) is 1. The summed E-state index contributed by atoms with van der Waals surface area (Å²) in [5, 5.41) is 4.25. The van der Waals surface area contributed by atoms with Gasteiger partial charge in [0.15, 0.2) is 11.6 Å². The maximum atomic E-state index is 5.97. The summed E-state index contributed by atoms with van der Waals surface area (Å²) < 4.78 is 0. The number of anilines is 2. The van der Waals surface area contributed by atoms with Crippen molar-refractivity contribution in [3.63, 3.8) is 0 Å². The standard InChI is InChI=1S/C16H19ClN4/c1-21(2)15-14(18-9-10-19-15)20-11-16(7-8-16)12-3-5-13(17)6-4-12/h3-6,9-10H,7-8,11H2,1-2H3,(H,18,20). The van der Waals surface area contributed by atoms with Gasteiger partial charge in [0.05, 0.1) is 0 Å². The Bertz CT molecular complexity index is 620. The second kappa shape index (κ2) is 5.53. The first kappa shape index (κ1) is 14.1. The molecule has 1 aromatic carbocycles. The average molecular weight is 303 g/mol. The first-order chi connectivity index (χ1) is 10.1. The molecule has 5 heteroatoms. The molecule has 1 aliphatic rings. The van der Waals surface area contributed by atoms with Crippen LogP contribution in [0.1, 0.15) is 18.4 Å². The highest BCUT2D eigenvalue weighted by Crippen LogP contribution is 2.48. The van der Waals surface area contributed by atoms with Crippen LogP contribution in [0.3, 0.4) is 0 Å². The molecule has 1 fully saturated rings. The van der Waals surface area contributed by atoms with Crippen molar-refractivity contribution < 1.29 is 0 Å². The van der Waals surface area contributed by atoms with Crippen LogP contribution in [-0.4, -0.2) is 30.6 Å². The van der Waals surface area contributed by atoms with Gasteiger partial charge in [0, 0.05) is 43.5 Å². The molecule has 21 heavy (non-hydrogen) atoms. The number of aromatic nitrogens is 2. The zero-order valence-electron chi connectivity index (χ0n) is 12.3. The number of rotatable bonds is 5. The fraction of sp³-hybridized carbons (Fsp3) is 0.375. The van der Waals surface area contributed by atoms with Crippen LogP contribution in [0.2, 0.25) is 5.02 Å². The Labute approximate surface area is 130 Å². The molecule has 0 saturated heterocycles. The molecule has 3 rings (SSSR count). The van der Waals surface area contributed by atoms with Gasteiger partial charge >= 0.3 is 0 Å². The average Bonchev–Trinajstić information content (AvgIpc) is 3.27. The summed E-state index contributed by atoms with van der Waals surface area (Å²) in [5.41, 5.74) is 1.56. The zero-order chi connectivity index (χ0) is 14.9. The van der Waals surface area contributed by atoms with Gasteiger partial charge in [-0.1, -0.05) is 23.7 Å². The molecular formula is C16H19ClN4. The van der Waals surface area contributed by atoms with E-state index in [4.69, 9.17) is 11.6 Å². The van der Waals surface area contributed by atoms with Crippen molar-refractivity contribution in [2.75, 3.05) is 30.9 Å². The Balaban J connectivity index is 1.75. The van der Waals surface area contributed by atoms with Gasteiger partial charge in [0.1, 0.15) is 0 Å². The zero-order valence-corrected chi connectivity index (χ0v) is 13.1. The molecule has 1 saturated carbocycles. The van der Waals surface area contributed by atoms with Crippen molar-refractivity contribution in [3.05, 3.63) is 47.2 Å². The summed E-state index contributed by atoms with van der Waals surface area (Å²) in [6.45, 7) is 0.869. The van der Waals surface area contributed by atoms with Crippen molar-refractivity contribution in [2.24, 2.45) is 0 Å². The number of hydrogen-bond acceptors (Lipinski definition) is 4. The van der Waals surface area contributed by atoms with Crippen molar-refractivity contribution in [1.82, 2.24) is 9.97 Å². The maximum absolute atomic E-state index is 5.97.